The number of carboxylic acid groups (broad SMARTS) is 1. The Bertz CT molecular complexity index is 678. The predicted octanol–water partition coefficient (Wildman–Crippen LogP) is 1.89. The number of hydrogen-bond donors (Lipinski definition) is 2. The van der Waals surface area contributed by atoms with Crippen molar-refractivity contribution < 1.29 is 14.7 Å². The van der Waals surface area contributed by atoms with Crippen molar-refractivity contribution in [3.05, 3.63) is 42.5 Å². The molecule has 7 nitrogen and oxygen atoms in total. The van der Waals surface area contributed by atoms with Crippen LogP contribution in [0.25, 0.3) is 5.69 Å². The summed E-state index contributed by atoms with van der Waals surface area (Å²) >= 11 is 0. The average Bonchev–Trinajstić information content (AvgIpc) is 3.06. The number of aromatic nitrogens is 3. The molecule has 7 heteroatoms. The fourth-order valence-electron chi connectivity index (χ4n) is 2.28. The van der Waals surface area contributed by atoms with Crippen molar-refractivity contribution in [2.45, 2.75) is 26.7 Å². The van der Waals surface area contributed by atoms with Crippen LogP contribution in [0.5, 0.6) is 0 Å². The average molecular weight is 316 g/mol. The third kappa shape index (κ3) is 3.56. The molecule has 0 saturated carbocycles. The van der Waals surface area contributed by atoms with Gasteiger partial charge in [-0.05, 0) is 25.0 Å². The summed E-state index contributed by atoms with van der Waals surface area (Å²) in [5.41, 5.74) is -0.168. The van der Waals surface area contributed by atoms with E-state index in [9.17, 15) is 14.7 Å². The Morgan fingerprint density at radius 2 is 1.87 bits per heavy atom. The van der Waals surface area contributed by atoms with Crippen molar-refractivity contribution in [1.82, 2.24) is 20.1 Å². The molecule has 0 aliphatic heterocycles. The van der Waals surface area contributed by atoms with Gasteiger partial charge in [0.25, 0.3) is 5.91 Å². The van der Waals surface area contributed by atoms with Gasteiger partial charge in [-0.2, -0.15) is 0 Å². The zero-order valence-corrected chi connectivity index (χ0v) is 13.2. The fraction of sp³-hybridized carbons (Fsp3) is 0.375. The summed E-state index contributed by atoms with van der Waals surface area (Å²) in [5, 5.41) is 16.1. The summed E-state index contributed by atoms with van der Waals surface area (Å²) in [6.45, 7) is 3.65. The number of aliphatic carboxylic acids is 1. The molecule has 0 unspecified atom stereocenters. The second kappa shape index (κ2) is 7.04. The van der Waals surface area contributed by atoms with Gasteiger partial charge < -0.3 is 10.4 Å². The van der Waals surface area contributed by atoms with Crippen LogP contribution in [0.4, 0.5) is 0 Å². The standard InChI is InChI=1S/C16H20N4O3/c1-3-16(4-2,15(22)23)10-17-14(21)13-18-11-20(19-13)12-8-6-5-7-9-12/h5-9,11H,3-4,10H2,1-2H3,(H,17,21)(H,22,23). The highest BCUT2D eigenvalue weighted by molar-refractivity contribution is 5.90. The Hall–Kier alpha value is -2.70. The quantitative estimate of drug-likeness (QED) is 0.813. The molecule has 2 rings (SSSR count). The molecule has 1 aromatic carbocycles. The molecular formula is C16H20N4O3. The number of carbonyl (C=O) groups is 2. The van der Waals surface area contributed by atoms with Crippen molar-refractivity contribution in [1.29, 1.82) is 0 Å². The molecule has 0 fully saturated rings. The maximum Gasteiger partial charge on any atom is 0.311 e. The Morgan fingerprint density at radius 3 is 2.43 bits per heavy atom. The summed E-state index contributed by atoms with van der Waals surface area (Å²) in [4.78, 5) is 27.6. The number of para-hydroxylation sites is 1. The van der Waals surface area contributed by atoms with E-state index in [-0.39, 0.29) is 12.4 Å². The number of rotatable bonds is 7. The SMILES string of the molecule is CCC(CC)(CNC(=O)c1ncn(-c2ccccc2)n1)C(=O)O. The zero-order chi connectivity index (χ0) is 16.9. The lowest BCUT2D eigenvalue weighted by Crippen LogP contribution is -2.42. The molecule has 1 heterocycles. The Balaban J connectivity index is 2.07. The number of nitrogens with zero attached hydrogens (tertiary/aromatic N) is 3. The first-order chi connectivity index (χ1) is 11.0. The molecule has 122 valence electrons. The van der Waals surface area contributed by atoms with Gasteiger partial charge in [0.05, 0.1) is 11.1 Å². The van der Waals surface area contributed by atoms with Crippen molar-refractivity contribution in [3.63, 3.8) is 0 Å². The van der Waals surface area contributed by atoms with E-state index in [1.54, 1.807) is 13.8 Å². The molecule has 0 saturated heterocycles. The van der Waals surface area contributed by atoms with Gasteiger partial charge >= 0.3 is 5.97 Å². The number of nitrogens with one attached hydrogen (secondary N) is 1. The Kier molecular flexibility index (Phi) is 5.10. The monoisotopic (exact) mass is 316 g/mol. The van der Waals surface area contributed by atoms with E-state index in [1.807, 2.05) is 30.3 Å². The molecule has 23 heavy (non-hydrogen) atoms. The largest absolute Gasteiger partial charge is 0.481 e. The molecule has 0 bridgehead atoms. The van der Waals surface area contributed by atoms with Crippen LogP contribution in [0.2, 0.25) is 0 Å². The van der Waals surface area contributed by atoms with E-state index in [1.165, 1.54) is 11.0 Å². The highest BCUT2D eigenvalue weighted by Crippen LogP contribution is 2.25. The first kappa shape index (κ1) is 16.7. The van der Waals surface area contributed by atoms with Crippen LogP contribution in [0.1, 0.15) is 37.3 Å². The van der Waals surface area contributed by atoms with Gasteiger partial charge in [0.1, 0.15) is 6.33 Å². The highest BCUT2D eigenvalue weighted by atomic mass is 16.4. The summed E-state index contributed by atoms with van der Waals surface area (Å²) in [5.74, 6) is -1.38. The van der Waals surface area contributed by atoms with Crippen molar-refractivity contribution >= 4 is 11.9 Å². The zero-order valence-electron chi connectivity index (χ0n) is 13.2. The third-order valence-electron chi connectivity index (χ3n) is 4.11. The third-order valence-corrected chi connectivity index (χ3v) is 4.11. The van der Waals surface area contributed by atoms with Gasteiger partial charge in [-0.25, -0.2) is 9.67 Å². The van der Waals surface area contributed by atoms with Gasteiger partial charge in [-0.3, -0.25) is 9.59 Å². The fourth-order valence-corrected chi connectivity index (χ4v) is 2.28. The minimum atomic E-state index is -0.961. The number of benzene rings is 1. The minimum absolute atomic E-state index is 0.0142. The molecule has 0 radical (unpaired) electrons. The molecule has 1 amide bonds. The minimum Gasteiger partial charge on any atom is -0.481 e. The first-order valence-electron chi connectivity index (χ1n) is 7.51. The second-order valence-corrected chi connectivity index (χ2v) is 5.32. The normalized spacial score (nSPS) is 11.2. The van der Waals surface area contributed by atoms with Crippen LogP contribution in [-0.4, -0.2) is 38.3 Å². The van der Waals surface area contributed by atoms with Gasteiger partial charge in [0.15, 0.2) is 0 Å². The molecule has 0 aliphatic rings. The van der Waals surface area contributed by atoms with E-state index < -0.39 is 17.3 Å². The van der Waals surface area contributed by atoms with Crippen LogP contribution in [0.15, 0.2) is 36.7 Å². The lowest BCUT2D eigenvalue weighted by atomic mass is 9.82. The summed E-state index contributed by atoms with van der Waals surface area (Å²) < 4.78 is 1.50. The van der Waals surface area contributed by atoms with Crippen molar-refractivity contribution in [2.75, 3.05) is 6.54 Å². The molecule has 2 N–H and O–H groups in total. The van der Waals surface area contributed by atoms with E-state index in [0.717, 1.165) is 5.69 Å². The molecule has 1 aromatic heterocycles. The van der Waals surface area contributed by atoms with Crippen LogP contribution in [0.3, 0.4) is 0 Å². The van der Waals surface area contributed by atoms with Crippen LogP contribution < -0.4 is 5.32 Å². The topological polar surface area (TPSA) is 97.1 Å². The van der Waals surface area contributed by atoms with Gasteiger partial charge in [0, 0.05) is 6.54 Å². The smallest absolute Gasteiger partial charge is 0.311 e. The van der Waals surface area contributed by atoms with Gasteiger partial charge in [0.2, 0.25) is 5.82 Å². The van der Waals surface area contributed by atoms with Crippen LogP contribution in [0, 0.1) is 5.41 Å². The van der Waals surface area contributed by atoms with E-state index in [0.29, 0.717) is 12.8 Å². The summed E-state index contributed by atoms with van der Waals surface area (Å²) in [6, 6.07) is 9.30. The molecule has 0 atom stereocenters. The van der Waals surface area contributed by atoms with Crippen molar-refractivity contribution in [2.24, 2.45) is 5.41 Å². The number of amides is 1. The maximum absolute atomic E-state index is 12.1. The van der Waals surface area contributed by atoms with E-state index >= 15 is 0 Å². The molecule has 0 aliphatic carbocycles. The summed E-state index contributed by atoms with van der Waals surface area (Å²) in [7, 11) is 0. The van der Waals surface area contributed by atoms with Gasteiger partial charge in [-0.1, -0.05) is 32.0 Å². The number of hydrogen-bond acceptors (Lipinski definition) is 4. The van der Waals surface area contributed by atoms with Gasteiger partial charge in [-0.15, -0.1) is 5.10 Å². The Morgan fingerprint density at radius 1 is 1.22 bits per heavy atom. The van der Waals surface area contributed by atoms with E-state index in [2.05, 4.69) is 15.4 Å². The lowest BCUT2D eigenvalue weighted by Gasteiger charge is -2.26. The molecule has 2 aromatic rings. The van der Waals surface area contributed by atoms with Crippen molar-refractivity contribution in [3.8, 4) is 5.69 Å². The van der Waals surface area contributed by atoms with E-state index in [4.69, 9.17) is 0 Å². The first-order valence-corrected chi connectivity index (χ1v) is 7.51. The second-order valence-electron chi connectivity index (χ2n) is 5.32. The van der Waals surface area contributed by atoms with Crippen LogP contribution in [-0.2, 0) is 4.79 Å². The highest BCUT2D eigenvalue weighted by Gasteiger charge is 2.35. The summed E-state index contributed by atoms with van der Waals surface area (Å²) in [6.07, 6.45) is 2.32. The number of carboxylic acids is 1. The van der Waals surface area contributed by atoms with Crippen LogP contribution >= 0.6 is 0 Å². The Labute approximate surface area is 134 Å². The maximum atomic E-state index is 12.1. The number of carbonyl (C=O) groups excluding carboxylic acids is 1. The molecular weight excluding hydrogens is 296 g/mol. The lowest BCUT2D eigenvalue weighted by molar-refractivity contribution is -0.149. The molecule has 0 spiro atoms. The predicted molar refractivity (Wildman–Crippen MR) is 84.3 cm³/mol.